The van der Waals surface area contributed by atoms with Gasteiger partial charge < -0.3 is 5.11 Å². The highest BCUT2D eigenvalue weighted by atomic mass is 32.2. The van der Waals surface area contributed by atoms with Crippen molar-refractivity contribution in [2.75, 3.05) is 12.5 Å². The van der Waals surface area contributed by atoms with Gasteiger partial charge >= 0.3 is 0 Å². The smallest absolute Gasteiger partial charge is 0.129 e. The van der Waals surface area contributed by atoms with Crippen LogP contribution in [0.4, 0.5) is 0 Å². The van der Waals surface area contributed by atoms with E-state index < -0.39 is 0 Å². The lowest BCUT2D eigenvalue weighted by Gasteiger charge is -2.07. The zero-order valence-electron chi connectivity index (χ0n) is 8.65. The Morgan fingerprint density at radius 2 is 1.80 bits per heavy atom. The molecule has 0 aromatic heterocycles. The summed E-state index contributed by atoms with van der Waals surface area (Å²) in [4.78, 5) is 2.21. The number of phenolic OH excluding ortho intramolecular Hbond substituents is 1. The number of fused-ring (bicyclic) bond motifs is 1. The zero-order chi connectivity index (χ0) is 10.8. The molecule has 0 radical (unpaired) electrons. The molecule has 0 aliphatic heterocycles. The molecule has 0 unspecified atom stereocenters. The fraction of sp³-hybridized carbons (Fsp3) is 0.167. The molecule has 0 aliphatic rings. The van der Waals surface area contributed by atoms with Crippen molar-refractivity contribution in [3.63, 3.8) is 0 Å². The minimum Gasteiger partial charge on any atom is -0.507 e. The van der Waals surface area contributed by atoms with Gasteiger partial charge in [-0.05, 0) is 41.5 Å². The molecule has 2 rings (SSSR count). The van der Waals surface area contributed by atoms with Crippen molar-refractivity contribution < 1.29 is 5.11 Å². The predicted molar refractivity (Wildman–Crippen MR) is 69.2 cm³/mol. The third-order valence-electron chi connectivity index (χ3n) is 2.36. The quantitative estimate of drug-likeness (QED) is 0.796. The van der Waals surface area contributed by atoms with Crippen LogP contribution in [0, 0.1) is 0 Å². The van der Waals surface area contributed by atoms with Gasteiger partial charge in [-0.2, -0.15) is 0 Å². The van der Waals surface area contributed by atoms with E-state index in [9.17, 15) is 5.11 Å². The van der Waals surface area contributed by atoms with Crippen LogP contribution in [0.15, 0.2) is 40.1 Å². The van der Waals surface area contributed by atoms with E-state index in [1.54, 1.807) is 29.6 Å². The average molecular weight is 236 g/mol. The lowest BCUT2D eigenvalue weighted by Crippen LogP contribution is -1.79. The number of phenols is 1. The molecule has 1 nitrogen and oxygen atoms in total. The Hall–Kier alpha value is -0.800. The van der Waals surface area contributed by atoms with Crippen LogP contribution in [-0.2, 0) is 0 Å². The lowest BCUT2D eigenvalue weighted by molar-refractivity contribution is 0.464. The van der Waals surface area contributed by atoms with E-state index in [2.05, 4.69) is 24.5 Å². The standard InChI is InChI=1S/C12H12OS2/c1-14-9-4-5-10-8(7-9)3-6-11(13)12(10)15-2/h3-7,13H,1-2H3. The van der Waals surface area contributed by atoms with Gasteiger partial charge in [0.2, 0.25) is 0 Å². The summed E-state index contributed by atoms with van der Waals surface area (Å²) in [6.45, 7) is 0. The van der Waals surface area contributed by atoms with Crippen LogP contribution < -0.4 is 0 Å². The Kier molecular flexibility index (Phi) is 3.12. The van der Waals surface area contributed by atoms with E-state index in [0.717, 1.165) is 10.3 Å². The second-order valence-electron chi connectivity index (χ2n) is 3.21. The molecule has 0 amide bonds. The Labute approximate surface area is 97.9 Å². The zero-order valence-corrected chi connectivity index (χ0v) is 10.3. The second-order valence-corrected chi connectivity index (χ2v) is 4.90. The molecule has 0 aliphatic carbocycles. The Morgan fingerprint density at radius 3 is 2.47 bits per heavy atom. The molecule has 0 saturated heterocycles. The van der Waals surface area contributed by atoms with E-state index in [1.165, 1.54) is 10.3 Å². The maximum Gasteiger partial charge on any atom is 0.129 e. The molecule has 15 heavy (non-hydrogen) atoms. The molecule has 1 N–H and O–H groups in total. The lowest BCUT2D eigenvalue weighted by atomic mass is 10.1. The Bertz CT molecular complexity index is 494. The first-order valence-corrected chi connectivity index (χ1v) is 7.05. The third kappa shape index (κ3) is 1.94. The third-order valence-corrected chi connectivity index (χ3v) is 3.92. The second kappa shape index (κ2) is 4.37. The monoisotopic (exact) mass is 236 g/mol. The topological polar surface area (TPSA) is 20.2 Å². The van der Waals surface area contributed by atoms with Crippen molar-refractivity contribution in [3.05, 3.63) is 30.3 Å². The maximum absolute atomic E-state index is 9.71. The highest BCUT2D eigenvalue weighted by molar-refractivity contribution is 7.99. The normalized spacial score (nSPS) is 10.8. The van der Waals surface area contributed by atoms with Gasteiger partial charge in [0.25, 0.3) is 0 Å². The van der Waals surface area contributed by atoms with Gasteiger partial charge in [-0.15, -0.1) is 23.5 Å². The molecule has 0 bridgehead atoms. The summed E-state index contributed by atoms with van der Waals surface area (Å²) in [5, 5.41) is 12.0. The van der Waals surface area contributed by atoms with Crippen LogP contribution >= 0.6 is 23.5 Å². The summed E-state index contributed by atoms with van der Waals surface area (Å²) in [6, 6.07) is 10.0. The summed E-state index contributed by atoms with van der Waals surface area (Å²) in [5.74, 6) is 0.368. The van der Waals surface area contributed by atoms with Gasteiger partial charge in [-0.1, -0.05) is 12.1 Å². The van der Waals surface area contributed by atoms with E-state index in [0.29, 0.717) is 5.75 Å². The number of hydrogen-bond acceptors (Lipinski definition) is 3. The predicted octanol–water partition coefficient (Wildman–Crippen LogP) is 3.99. The first-order valence-electron chi connectivity index (χ1n) is 4.60. The summed E-state index contributed by atoms with van der Waals surface area (Å²) in [5.41, 5.74) is 0. The van der Waals surface area contributed by atoms with Crippen molar-refractivity contribution >= 4 is 34.3 Å². The Balaban J connectivity index is 2.72. The molecule has 0 saturated carbocycles. The van der Waals surface area contributed by atoms with Crippen LogP contribution in [0.5, 0.6) is 5.75 Å². The average Bonchev–Trinajstić information content (AvgIpc) is 2.28. The van der Waals surface area contributed by atoms with E-state index >= 15 is 0 Å². The molecular formula is C12H12OS2. The molecular weight excluding hydrogens is 224 g/mol. The SMILES string of the molecule is CSc1ccc2c(SC)c(O)ccc2c1. The summed E-state index contributed by atoms with van der Waals surface area (Å²) in [6.07, 6.45) is 4.05. The molecule has 0 spiro atoms. The number of benzene rings is 2. The summed E-state index contributed by atoms with van der Waals surface area (Å²) < 4.78 is 0. The number of rotatable bonds is 2. The summed E-state index contributed by atoms with van der Waals surface area (Å²) >= 11 is 3.31. The molecule has 78 valence electrons. The number of thioether (sulfide) groups is 2. The molecule has 2 aromatic rings. The number of aromatic hydroxyl groups is 1. The van der Waals surface area contributed by atoms with Gasteiger partial charge in [0.15, 0.2) is 0 Å². The van der Waals surface area contributed by atoms with E-state index in [4.69, 9.17) is 0 Å². The summed E-state index contributed by atoms with van der Waals surface area (Å²) in [7, 11) is 0. The van der Waals surface area contributed by atoms with E-state index in [-0.39, 0.29) is 0 Å². The van der Waals surface area contributed by atoms with Crippen LogP contribution in [0.1, 0.15) is 0 Å². The first kappa shape index (κ1) is 10.7. The van der Waals surface area contributed by atoms with Crippen molar-refractivity contribution in [2.45, 2.75) is 9.79 Å². The fourth-order valence-electron chi connectivity index (χ4n) is 1.61. The van der Waals surface area contributed by atoms with Crippen LogP contribution in [0.25, 0.3) is 10.8 Å². The van der Waals surface area contributed by atoms with Crippen LogP contribution in [0.2, 0.25) is 0 Å². The number of hydrogen-bond donors (Lipinski definition) is 1. The Morgan fingerprint density at radius 1 is 1.00 bits per heavy atom. The molecule has 2 aromatic carbocycles. The first-order chi connectivity index (χ1) is 7.26. The van der Waals surface area contributed by atoms with Gasteiger partial charge in [0, 0.05) is 4.90 Å². The minimum absolute atomic E-state index is 0.368. The highest BCUT2D eigenvalue weighted by Crippen LogP contribution is 2.35. The molecule has 3 heteroatoms. The van der Waals surface area contributed by atoms with Gasteiger partial charge in [-0.25, -0.2) is 0 Å². The van der Waals surface area contributed by atoms with E-state index in [1.807, 2.05) is 12.3 Å². The molecule has 0 atom stereocenters. The highest BCUT2D eigenvalue weighted by Gasteiger charge is 2.05. The largest absolute Gasteiger partial charge is 0.507 e. The van der Waals surface area contributed by atoms with Crippen LogP contribution in [-0.4, -0.2) is 17.6 Å². The van der Waals surface area contributed by atoms with Gasteiger partial charge in [0.05, 0.1) is 4.90 Å². The fourth-order valence-corrected chi connectivity index (χ4v) is 2.74. The van der Waals surface area contributed by atoms with Crippen molar-refractivity contribution in [1.29, 1.82) is 0 Å². The van der Waals surface area contributed by atoms with Crippen molar-refractivity contribution in [3.8, 4) is 5.75 Å². The van der Waals surface area contributed by atoms with Crippen LogP contribution in [0.3, 0.4) is 0 Å². The van der Waals surface area contributed by atoms with Gasteiger partial charge in [0.1, 0.15) is 5.75 Å². The molecule has 0 fully saturated rings. The van der Waals surface area contributed by atoms with Crippen molar-refractivity contribution in [2.24, 2.45) is 0 Å². The minimum atomic E-state index is 0.368. The van der Waals surface area contributed by atoms with Crippen molar-refractivity contribution in [1.82, 2.24) is 0 Å². The maximum atomic E-state index is 9.71. The molecule has 0 heterocycles. The van der Waals surface area contributed by atoms with Gasteiger partial charge in [-0.3, -0.25) is 0 Å².